The molecule has 0 radical (unpaired) electrons. The number of anilines is 2. The second-order valence-corrected chi connectivity index (χ2v) is 4.80. The first-order valence-electron chi connectivity index (χ1n) is 5.90. The molecule has 0 aliphatic heterocycles. The summed E-state index contributed by atoms with van der Waals surface area (Å²) in [5.41, 5.74) is 10.2. The van der Waals surface area contributed by atoms with Crippen LogP contribution in [0.5, 0.6) is 0 Å². The zero-order chi connectivity index (χ0) is 13.1. The van der Waals surface area contributed by atoms with Crippen LogP contribution in [0.1, 0.15) is 11.1 Å². The molecule has 2 aromatic carbocycles. The summed E-state index contributed by atoms with van der Waals surface area (Å²) in [4.78, 5) is 2.14. The van der Waals surface area contributed by atoms with Crippen LogP contribution in [0, 0.1) is 6.92 Å². The number of halogens is 1. The number of rotatable bonds is 3. The normalized spacial score (nSPS) is 10.4. The van der Waals surface area contributed by atoms with Gasteiger partial charge in [0.2, 0.25) is 0 Å². The third-order valence-corrected chi connectivity index (χ3v) is 3.31. The number of aryl methyl sites for hydroxylation is 1. The van der Waals surface area contributed by atoms with E-state index in [1.54, 1.807) is 0 Å². The molecular weight excluding hydrogens is 244 g/mol. The van der Waals surface area contributed by atoms with E-state index in [4.69, 9.17) is 17.3 Å². The lowest BCUT2D eigenvalue weighted by Crippen LogP contribution is -2.11. The summed E-state index contributed by atoms with van der Waals surface area (Å²) < 4.78 is 0. The van der Waals surface area contributed by atoms with E-state index in [0.29, 0.717) is 6.54 Å². The minimum absolute atomic E-state index is 0.573. The molecule has 2 nitrogen and oxygen atoms in total. The van der Waals surface area contributed by atoms with Crippen LogP contribution >= 0.6 is 11.6 Å². The summed E-state index contributed by atoms with van der Waals surface area (Å²) in [5, 5.41) is 0.767. The lowest BCUT2D eigenvalue weighted by atomic mass is 10.1. The van der Waals surface area contributed by atoms with E-state index in [1.165, 1.54) is 0 Å². The number of benzene rings is 2. The molecular formula is C15H17ClN2. The number of nitrogens with zero attached hydrogens (tertiary/aromatic N) is 1. The van der Waals surface area contributed by atoms with Crippen molar-refractivity contribution in [2.45, 2.75) is 13.5 Å². The monoisotopic (exact) mass is 260 g/mol. The molecule has 3 heteroatoms. The molecule has 0 fully saturated rings. The van der Waals surface area contributed by atoms with Gasteiger partial charge in [0.25, 0.3) is 0 Å². The topological polar surface area (TPSA) is 29.3 Å². The first-order valence-corrected chi connectivity index (χ1v) is 6.28. The Labute approximate surface area is 113 Å². The fourth-order valence-electron chi connectivity index (χ4n) is 1.99. The van der Waals surface area contributed by atoms with Crippen molar-refractivity contribution in [3.63, 3.8) is 0 Å². The SMILES string of the molecule is Cc1cc(Cl)ccc1N(C)c1ccc(CN)cc1. The van der Waals surface area contributed by atoms with Gasteiger partial charge in [0.05, 0.1) is 0 Å². The van der Waals surface area contributed by atoms with Crippen molar-refractivity contribution >= 4 is 23.0 Å². The van der Waals surface area contributed by atoms with Crippen molar-refractivity contribution in [1.82, 2.24) is 0 Å². The molecule has 0 heterocycles. The average molecular weight is 261 g/mol. The molecule has 0 atom stereocenters. The molecule has 94 valence electrons. The first-order chi connectivity index (χ1) is 8.61. The van der Waals surface area contributed by atoms with Crippen LogP contribution in [-0.2, 0) is 6.54 Å². The van der Waals surface area contributed by atoms with Crippen LogP contribution in [0.3, 0.4) is 0 Å². The summed E-state index contributed by atoms with van der Waals surface area (Å²) in [7, 11) is 2.05. The first kappa shape index (κ1) is 12.9. The molecule has 0 aromatic heterocycles. The smallest absolute Gasteiger partial charge is 0.0438 e. The Hall–Kier alpha value is -1.51. The lowest BCUT2D eigenvalue weighted by molar-refractivity contribution is 1.07. The molecule has 0 amide bonds. The van der Waals surface area contributed by atoms with Gasteiger partial charge in [-0.3, -0.25) is 0 Å². The molecule has 0 unspecified atom stereocenters. The average Bonchev–Trinajstić information content (AvgIpc) is 2.38. The Balaban J connectivity index is 2.31. The van der Waals surface area contributed by atoms with Gasteiger partial charge >= 0.3 is 0 Å². The Morgan fingerprint density at radius 2 is 1.78 bits per heavy atom. The molecule has 18 heavy (non-hydrogen) atoms. The number of hydrogen-bond donors (Lipinski definition) is 1. The fourth-order valence-corrected chi connectivity index (χ4v) is 2.22. The number of nitrogens with two attached hydrogens (primary N) is 1. The summed E-state index contributed by atoms with van der Waals surface area (Å²) in [6.45, 7) is 2.63. The second-order valence-electron chi connectivity index (χ2n) is 4.36. The maximum Gasteiger partial charge on any atom is 0.0438 e. The van der Waals surface area contributed by atoms with Gasteiger partial charge in [-0.25, -0.2) is 0 Å². The Morgan fingerprint density at radius 3 is 2.33 bits per heavy atom. The van der Waals surface area contributed by atoms with E-state index in [-0.39, 0.29) is 0 Å². The Kier molecular flexibility index (Phi) is 3.90. The van der Waals surface area contributed by atoms with E-state index in [9.17, 15) is 0 Å². The molecule has 0 saturated heterocycles. The van der Waals surface area contributed by atoms with Gasteiger partial charge < -0.3 is 10.6 Å². The molecule has 0 spiro atoms. The maximum atomic E-state index is 5.97. The van der Waals surface area contributed by atoms with Gasteiger partial charge in [-0.1, -0.05) is 23.7 Å². The van der Waals surface area contributed by atoms with Gasteiger partial charge in [0.15, 0.2) is 0 Å². The van der Waals surface area contributed by atoms with E-state index < -0.39 is 0 Å². The van der Waals surface area contributed by atoms with E-state index in [0.717, 1.165) is 27.5 Å². The van der Waals surface area contributed by atoms with Crippen LogP contribution in [0.4, 0.5) is 11.4 Å². The summed E-state index contributed by atoms with van der Waals surface area (Å²) >= 11 is 5.97. The highest BCUT2D eigenvalue weighted by Crippen LogP contribution is 2.28. The third-order valence-electron chi connectivity index (χ3n) is 3.08. The molecule has 2 aromatic rings. The van der Waals surface area contributed by atoms with E-state index in [1.807, 2.05) is 25.2 Å². The highest BCUT2D eigenvalue weighted by molar-refractivity contribution is 6.30. The largest absolute Gasteiger partial charge is 0.344 e. The van der Waals surface area contributed by atoms with Crippen molar-refractivity contribution in [1.29, 1.82) is 0 Å². The van der Waals surface area contributed by atoms with Crippen LogP contribution in [-0.4, -0.2) is 7.05 Å². The van der Waals surface area contributed by atoms with Gasteiger partial charge in [-0.2, -0.15) is 0 Å². The highest BCUT2D eigenvalue weighted by Gasteiger charge is 2.07. The van der Waals surface area contributed by atoms with E-state index in [2.05, 4.69) is 36.1 Å². The highest BCUT2D eigenvalue weighted by atomic mass is 35.5. The molecule has 0 bridgehead atoms. The van der Waals surface area contributed by atoms with Gasteiger partial charge in [0, 0.05) is 30.0 Å². The summed E-state index contributed by atoms with van der Waals surface area (Å²) in [6.07, 6.45) is 0. The van der Waals surface area contributed by atoms with Gasteiger partial charge in [0.1, 0.15) is 0 Å². The zero-order valence-electron chi connectivity index (χ0n) is 10.7. The van der Waals surface area contributed by atoms with Crippen LogP contribution < -0.4 is 10.6 Å². The molecule has 0 saturated carbocycles. The van der Waals surface area contributed by atoms with Crippen LogP contribution in [0.25, 0.3) is 0 Å². The molecule has 2 rings (SSSR count). The predicted molar refractivity (Wildman–Crippen MR) is 78.6 cm³/mol. The van der Waals surface area contributed by atoms with Gasteiger partial charge in [-0.05, 0) is 48.4 Å². The fraction of sp³-hybridized carbons (Fsp3) is 0.200. The number of hydrogen-bond acceptors (Lipinski definition) is 2. The lowest BCUT2D eigenvalue weighted by Gasteiger charge is -2.22. The maximum absolute atomic E-state index is 5.97. The Morgan fingerprint density at radius 1 is 1.11 bits per heavy atom. The second kappa shape index (κ2) is 5.42. The standard InChI is InChI=1S/C15H17ClN2/c1-11-9-13(16)5-8-15(11)18(2)14-6-3-12(10-17)4-7-14/h3-9H,10,17H2,1-2H3. The predicted octanol–water partition coefficient (Wildman–Crippen LogP) is 3.88. The molecule has 0 aliphatic carbocycles. The van der Waals surface area contributed by atoms with E-state index >= 15 is 0 Å². The van der Waals surface area contributed by atoms with Crippen LogP contribution in [0.2, 0.25) is 5.02 Å². The van der Waals surface area contributed by atoms with Crippen molar-refractivity contribution in [3.8, 4) is 0 Å². The third kappa shape index (κ3) is 2.66. The van der Waals surface area contributed by atoms with Crippen LogP contribution in [0.15, 0.2) is 42.5 Å². The van der Waals surface area contributed by atoms with Crippen molar-refractivity contribution in [2.75, 3.05) is 11.9 Å². The van der Waals surface area contributed by atoms with Gasteiger partial charge in [-0.15, -0.1) is 0 Å². The van der Waals surface area contributed by atoms with Crippen molar-refractivity contribution in [2.24, 2.45) is 5.73 Å². The summed E-state index contributed by atoms with van der Waals surface area (Å²) in [6, 6.07) is 14.2. The molecule has 0 aliphatic rings. The minimum atomic E-state index is 0.573. The van der Waals surface area contributed by atoms with Crippen molar-refractivity contribution < 1.29 is 0 Å². The molecule has 2 N–H and O–H groups in total. The van der Waals surface area contributed by atoms with Crippen molar-refractivity contribution in [3.05, 3.63) is 58.6 Å². The summed E-state index contributed by atoms with van der Waals surface area (Å²) in [5.74, 6) is 0. The zero-order valence-corrected chi connectivity index (χ0v) is 11.4. The Bertz CT molecular complexity index is 535. The quantitative estimate of drug-likeness (QED) is 0.908. The minimum Gasteiger partial charge on any atom is -0.344 e.